The molecular formula is C16H22N4O2. The molecule has 0 saturated heterocycles. The largest absolute Gasteiger partial charge is 0.337 e. The topological polar surface area (TPSA) is 71.3 Å². The molecule has 1 N–H and O–H groups in total. The molecule has 1 aromatic heterocycles. The number of hydrogen-bond acceptors (Lipinski definition) is 4. The second-order valence-electron chi connectivity index (χ2n) is 6.07. The number of amides is 2. The summed E-state index contributed by atoms with van der Waals surface area (Å²) in [5.74, 6) is 0.952. The van der Waals surface area contributed by atoms with Crippen LogP contribution in [0.3, 0.4) is 0 Å². The number of carbonyl (C=O) groups is 1. The maximum atomic E-state index is 12.2. The van der Waals surface area contributed by atoms with Gasteiger partial charge in [0.1, 0.15) is 6.54 Å². The Bertz CT molecular complexity index is 617. The van der Waals surface area contributed by atoms with Gasteiger partial charge in [-0.05, 0) is 27.7 Å². The van der Waals surface area contributed by atoms with Gasteiger partial charge in [-0.2, -0.15) is 4.98 Å². The van der Waals surface area contributed by atoms with Gasteiger partial charge in [-0.1, -0.05) is 35.5 Å². The van der Waals surface area contributed by atoms with Crippen LogP contribution in [0.25, 0.3) is 11.4 Å². The van der Waals surface area contributed by atoms with Crippen molar-refractivity contribution in [2.75, 3.05) is 6.54 Å². The molecule has 118 valence electrons. The predicted octanol–water partition coefficient (Wildman–Crippen LogP) is 3.07. The molecule has 0 spiro atoms. The number of aromatic nitrogens is 2. The van der Waals surface area contributed by atoms with Gasteiger partial charge in [-0.25, -0.2) is 4.79 Å². The van der Waals surface area contributed by atoms with Crippen molar-refractivity contribution in [1.82, 2.24) is 20.4 Å². The van der Waals surface area contributed by atoms with Crippen LogP contribution in [0.4, 0.5) is 4.79 Å². The summed E-state index contributed by atoms with van der Waals surface area (Å²) in [7, 11) is 0. The van der Waals surface area contributed by atoms with E-state index < -0.39 is 0 Å². The molecule has 1 heterocycles. The van der Waals surface area contributed by atoms with E-state index in [0.717, 1.165) is 5.56 Å². The lowest BCUT2D eigenvalue weighted by Gasteiger charge is -2.26. The van der Waals surface area contributed by atoms with Gasteiger partial charge < -0.3 is 14.7 Å². The van der Waals surface area contributed by atoms with Crippen LogP contribution in [0, 0.1) is 0 Å². The molecule has 2 aromatic rings. The Morgan fingerprint density at radius 2 is 1.95 bits per heavy atom. The van der Waals surface area contributed by atoms with Crippen LogP contribution in [0.2, 0.25) is 0 Å². The molecule has 22 heavy (non-hydrogen) atoms. The van der Waals surface area contributed by atoms with Crippen LogP contribution >= 0.6 is 0 Å². The van der Waals surface area contributed by atoms with Gasteiger partial charge in [0.25, 0.3) is 0 Å². The first-order valence-corrected chi connectivity index (χ1v) is 7.34. The van der Waals surface area contributed by atoms with Crippen molar-refractivity contribution in [1.29, 1.82) is 0 Å². The fourth-order valence-corrected chi connectivity index (χ4v) is 1.91. The van der Waals surface area contributed by atoms with Crippen LogP contribution in [-0.4, -0.2) is 33.2 Å². The highest BCUT2D eigenvalue weighted by Crippen LogP contribution is 2.15. The van der Waals surface area contributed by atoms with Gasteiger partial charge in [-0.3, -0.25) is 0 Å². The van der Waals surface area contributed by atoms with Gasteiger partial charge in [0, 0.05) is 17.6 Å². The molecule has 0 atom stereocenters. The van der Waals surface area contributed by atoms with Gasteiger partial charge in [0.05, 0.1) is 0 Å². The zero-order valence-corrected chi connectivity index (χ0v) is 13.5. The molecule has 0 aliphatic carbocycles. The van der Waals surface area contributed by atoms with Crippen molar-refractivity contribution in [3.05, 3.63) is 36.2 Å². The Kier molecular flexibility index (Phi) is 4.80. The van der Waals surface area contributed by atoms with Crippen molar-refractivity contribution < 1.29 is 9.32 Å². The molecule has 6 nitrogen and oxygen atoms in total. The van der Waals surface area contributed by atoms with Gasteiger partial charge >= 0.3 is 6.03 Å². The summed E-state index contributed by atoms with van der Waals surface area (Å²) in [6, 6.07) is 9.45. The Morgan fingerprint density at radius 1 is 1.27 bits per heavy atom. The third-order valence-corrected chi connectivity index (χ3v) is 2.98. The normalized spacial score (nSPS) is 11.3. The number of benzene rings is 1. The first-order chi connectivity index (χ1) is 10.4. The molecule has 0 saturated carbocycles. The van der Waals surface area contributed by atoms with Crippen LogP contribution in [0.5, 0.6) is 0 Å². The zero-order valence-electron chi connectivity index (χ0n) is 13.5. The fraction of sp³-hybridized carbons (Fsp3) is 0.438. The molecule has 0 aliphatic rings. The molecule has 2 amide bonds. The third kappa shape index (κ3) is 4.31. The molecule has 1 aromatic carbocycles. The summed E-state index contributed by atoms with van der Waals surface area (Å²) in [4.78, 5) is 18.2. The number of hydrogen-bond donors (Lipinski definition) is 1. The van der Waals surface area contributed by atoms with E-state index in [-0.39, 0.29) is 18.1 Å². The second kappa shape index (κ2) is 6.60. The van der Waals surface area contributed by atoms with E-state index in [2.05, 4.69) is 15.5 Å². The minimum Gasteiger partial charge on any atom is -0.337 e. The summed E-state index contributed by atoms with van der Waals surface area (Å²) in [5, 5.41) is 6.89. The summed E-state index contributed by atoms with van der Waals surface area (Å²) in [6.07, 6.45) is 0. The van der Waals surface area contributed by atoms with Crippen molar-refractivity contribution in [2.24, 2.45) is 0 Å². The molecule has 0 unspecified atom stereocenters. The molecule has 0 bridgehead atoms. The van der Waals surface area contributed by atoms with E-state index in [1.54, 1.807) is 4.90 Å². The van der Waals surface area contributed by atoms with E-state index in [0.29, 0.717) is 18.3 Å². The average Bonchev–Trinajstić information content (AvgIpc) is 2.92. The highest BCUT2D eigenvalue weighted by Gasteiger charge is 2.20. The fourth-order valence-electron chi connectivity index (χ4n) is 1.91. The molecule has 0 fully saturated rings. The number of nitrogens with zero attached hydrogens (tertiary/aromatic N) is 3. The molecular weight excluding hydrogens is 280 g/mol. The van der Waals surface area contributed by atoms with E-state index in [4.69, 9.17) is 4.52 Å². The Hall–Kier alpha value is -2.37. The summed E-state index contributed by atoms with van der Waals surface area (Å²) >= 11 is 0. The van der Waals surface area contributed by atoms with E-state index in [1.165, 1.54) is 0 Å². The molecule has 0 aliphatic heterocycles. The average molecular weight is 302 g/mol. The second-order valence-corrected chi connectivity index (χ2v) is 6.07. The highest BCUT2D eigenvalue weighted by molar-refractivity contribution is 5.74. The standard InChI is InChI=1S/C16H22N4O2/c1-5-20(15(21)18-16(2,3)4)11-13-17-14(19-22-13)12-9-7-6-8-10-12/h6-10H,5,11H2,1-4H3,(H,18,21). The summed E-state index contributed by atoms with van der Waals surface area (Å²) < 4.78 is 5.25. The first kappa shape index (κ1) is 16.0. The van der Waals surface area contributed by atoms with E-state index >= 15 is 0 Å². The van der Waals surface area contributed by atoms with Crippen molar-refractivity contribution >= 4 is 6.03 Å². The van der Waals surface area contributed by atoms with Gasteiger partial charge in [0.15, 0.2) is 0 Å². The monoisotopic (exact) mass is 302 g/mol. The van der Waals surface area contributed by atoms with Crippen LogP contribution in [0.1, 0.15) is 33.6 Å². The minimum atomic E-state index is -0.283. The number of urea groups is 1. The summed E-state index contributed by atoms with van der Waals surface area (Å²) in [5.41, 5.74) is 0.605. The number of carbonyl (C=O) groups excluding carboxylic acids is 1. The quantitative estimate of drug-likeness (QED) is 0.942. The van der Waals surface area contributed by atoms with Crippen molar-refractivity contribution in [3.63, 3.8) is 0 Å². The van der Waals surface area contributed by atoms with E-state index in [9.17, 15) is 4.79 Å². The van der Waals surface area contributed by atoms with Crippen LogP contribution in [-0.2, 0) is 6.54 Å². The van der Waals surface area contributed by atoms with Gasteiger partial charge in [0.2, 0.25) is 11.7 Å². The van der Waals surface area contributed by atoms with Crippen LogP contribution < -0.4 is 5.32 Å². The smallest absolute Gasteiger partial charge is 0.318 e. The lowest BCUT2D eigenvalue weighted by Crippen LogP contribution is -2.48. The minimum absolute atomic E-state index is 0.144. The molecule has 0 radical (unpaired) electrons. The lowest BCUT2D eigenvalue weighted by molar-refractivity contribution is 0.181. The molecule has 6 heteroatoms. The zero-order chi connectivity index (χ0) is 16.2. The SMILES string of the molecule is CCN(Cc1nc(-c2ccccc2)no1)C(=O)NC(C)(C)C. The maximum absolute atomic E-state index is 12.2. The third-order valence-electron chi connectivity index (χ3n) is 2.98. The predicted molar refractivity (Wildman–Crippen MR) is 84.1 cm³/mol. The summed E-state index contributed by atoms with van der Waals surface area (Å²) in [6.45, 7) is 8.59. The Balaban J connectivity index is 2.06. The van der Waals surface area contributed by atoms with Crippen molar-refractivity contribution in [3.8, 4) is 11.4 Å². The number of nitrogens with one attached hydrogen (secondary N) is 1. The highest BCUT2D eigenvalue weighted by atomic mass is 16.5. The van der Waals surface area contributed by atoms with Crippen LogP contribution in [0.15, 0.2) is 34.9 Å². The van der Waals surface area contributed by atoms with E-state index in [1.807, 2.05) is 58.0 Å². The first-order valence-electron chi connectivity index (χ1n) is 7.34. The Labute approximate surface area is 130 Å². The molecule has 2 rings (SSSR count). The maximum Gasteiger partial charge on any atom is 0.318 e. The van der Waals surface area contributed by atoms with Gasteiger partial charge in [-0.15, -0.1) is 0 Å². The lowest BCUT2D eigenvalue weighted by atomic mass is 10.1. The number of rotatable bonds is 4. The van der Waals surface area contributed by atoms with Crippen molar-refractivity contribution in [2.45, 2.75) is 39.8 Å². The Morgan fingerprint density at radius 3 is 2.55 bits per heavy atom.